The Hall–Kier alpha value is -0.870. The molecule has 0 radical (unpaired) electrons. The summed E-state index contributed by atoms with van der Waals surface area (Å²) < 4.78 is 8.29. The Morgan fingerprint density at radius 2 is 2.10 bits per heavy atom. The van der Waals surface area contributed by atoms with E-state index in [1.165, 1.54) is 19.3 Å². The SMILES string of the molecule is CCC1CCC(CN)(OCc2cc(C)nn2CC)CC1. The zero-order valence-corrected chi connectivity index (χ0v) is 13.2. The second-order valence-electron chi connectivity index (χ2n) is 6.12. The molecule has 1 heterocycles. The van der Waals surface area contributed by atoms with Gasteiger partial charge in [0.05, 0.1) is 23.6 Å². The predicted molar refractivity (Wildman–Crippen MR) is 81.5 cm³/mol. The number of nitrogens with zero attached hydrogens (tertiary/aromatic N) is 2. The van der Waals surface area contributed by atoms with Gasteiger partial charge in [0.15, 0.2) is 0 Å². The van der Waals surface area contributed by atoms with Crippen molar-refractivity contribution in [3.8, 4) is 0 Å². The molecule has 1 aliphatic rings. The first-order chi connectivity index (χ1) is 9.62. The van der Waals surface area contributed by atoms with Crippen molar-refractivity contribution in [2.45, 2.75) is 71.6 Å². The first-order valence-electron chi connectivity index (χ1n) is 8.00. The Balaban J connectivity index is 1.97. The van der Waals surface area contributed by atoms with E-state index in [4.69, 9.17) is 10.5 Å². The molecule has 1 aromatic heterocycles. The first kappa shape index (κ1) is 15.5. The average molecular weight is 279 g/mol. The van der Waals surface area contributed by atoms with Crippen LogP contribution >= 0.6 is 0 Å². The molecule has 1 aromatic rings. The summed E-state index contributed by atoms with van der Waals surface area (Å²) in [5, 5.41) is 4.47. The van der Waals surface area contributed by atoms with Gasteiger partial charge in [0.25, 0.3) is 0 Å². The largest absolute Gasteiger partial charge is 0.367 e. The summed E-state index contributed by atoms with van der Waals surface area (Å²) >= 11 is 0. The predicted octanol–water partition coefficient (Wildman–Crippen LogP) is 3.03. The number of rotatable bonds is 6. The van der Waals surface area contributed by atoms with E-state index in [-0.39, 0.29) is 5.60 Å². The van der Waals surface area contributed by atoms with Crippen LogP contribution in [0.1, 0.15) is 57.3 Å². The molecule has 4 nitrogen and oxygen atoms in total. The molecule has 0 saturated heterocycles. The third kappa shape index (κ3) is 3.41. The molecule has 0 amide bonds. The average Bonchev–Trinajstić information content (AvgIpc) is 2.86. The second kappa shape index (κ2) is 6.72. The Morgan fingerprint density at radius 1 is 1.40 bits per heavy atom. The number of hydrogen-bond acceptors (Lipinski definition) is 3. The molecule has 0 unspecified atom stereocenters. The zero-order valence-electron chi connectivity index (χ0n) is 13.2. The van der Waals surface area contributed by atoms with Gasteiger partial charge in [0, 0.05) is 13.1 Å². The summed E-state index contributed by atoms with van der Waals surface area (Å²) in [6, 6.07) is 2.12. The van der Waals surface area contributed by atoms with Crippen LogP contribution in [-0.4, -0.2) is 21.9 Å². The van der Waals surface area contributed by atoms with Gasteiger partial charge >= 0.3 is 0 Å². The summed E-state index contributed by atoms with van der Waals surface area (Å²) in [6.07, 6.45) is 5.98. The Kier molecular flexibility index (Phi) is 5.22. The van der Waals surface area contributed by atoms with Crippen LogP contribution in [0.5, 0.6) is 0 Å². The fraction of sp³-hybridized carbons (Fsp3) is 0.812. The lowest BCUT2D eigenvalue weighted by atomic mass is 9.77. The van der Waals surface area contributed by atoms with Crippen molar-refractivity contribution in [3.05, 3.63) is 17.5 Å². The van der Waals surface area contributed by atoms with Crippen molar-refractivity contribution in [2.24, 2.45) is 11.7 Å². The second-order valence-corrected chi connectivity index (χ2v) is 6.12. The van der Waals surface area contributed by atoms with Crippen molar-refractivity contribution in [1.82, 2.24) is 9.78 Å². The van der Waals surface area contributed by atoms with Crippen LogP contribution in [0.3, 0.4) is 0 Å². The summed E-state index contributed by atoms with van der Waals surface area (Å²) in [5.74, 6) is 0.863. The number of aromatic nitrogens is 2. The number of ether oxygens (including phenoxy) is 1. The molecule has 20 heavy (non-hydrogen) atoms. The highest BCUT2D eigenvalue weighted by atomic mass is 16.5. The van der Waals surface area contributed by atoms with Gasteiger partial charge in [-0.05, 0) is 51.5 Å². The van der Waals surface area contributed by atoms with E-state index in [0.29, 0.717) is 13.2 Å². The van der Waals surface area contributed by atoms with E-state index in [1.54, 1.807) is 0 Å². The van der Waals surface area contributed by atoms with Gasteiger partial charge in [-0.3, -0.25) is 4.68 Å². The van der Waals surface area contributed by atoms with Crippen LogP contribution in [0, 0.1) is 12.8 Å². The first-order valence-corrected chi connectivity index (χ1v) is 8.00. The van der Waals surface area contributed by atoms with E-state index in [0.717, 1.165) is 36.7 Å². The van der Waals surface area contributed by atoms with E-state index in [9.17, 15) is 0 Å². The molecular weight excluding hydrogens is 250 g/mol. The van der Waals surface area contributed by atoms with Gasteiger partial charge < -0.3 is 10.5 Å². The smallest absolute Gasteiger partial charge is 0.0893 e. The van der Waals surface area contributed by atoms with Crippen LogP contribution in [0.2, 0.25) is 0 Å². The molecule has 0 spiro atoms. The van der Waals surface area contributed by atoms with Gasteiger partial charge in [-0.1, -0.05) is 13.3 Å². The van der Waals surface area contributed by atoms with Crippen molar-refractivity contribution >= 4 is 0 Å². The van der Waals surface area contributed by atoms with Crippen LogP contribution in [0.4, 0.5) is 0 Å². The third-order valence-electron chi connectivity index (χ3n) is 4.78. The normalized spacial score (nSPS) is 26.9. The Labute approximate surface area is 122 Å². The lowest BCUT2D eigenvalue weighted by Gasteiger charge is -2.39. The quantitative estimate of drug-likeness (QED) is 0.871. The lowest BCUT2D eigenvalue weighted by Crippen LogP contribution is -2.44. The van der Waals surface area contributed by atoms with Crippen molar-refractivity contribution in [3.63, 3.8) is 0 Å². The number of hydrogen-bond donors (Lipinski definition) is 1. The minimum absolute atomic E-state index is 0.109. The van der Waals surface area contributed by atoms with E-state index in [1.807, 2.05) is 11.6 Å². The molecule has 0 bridgehead atoms. The van der Waals surface area contributed by atoms with Crippen LogP contribution < -0.4 is 5.73 Å². The molecule has 0 atom stereocenters. The Bertz CT molecular complexity index is 419. The molecule has 2 rings (SSSR count). The number of nitrogens with two attached hydrogens (primary N) is 1. The highest BCUT2D eigenvalue weighted by Crippen LogP contribution is 2.36. The van der Waals surface area contributed by atoms with Gasteiger partial charge in [0.1, 0.15) is 0 Å². The maximum absolute atomic E-state index is 6.27. The minimum atomic E-state index is -0.109. The van der Waals surface area contributed by atoms with Crippen molar-refractivity contribution < 1.29 is 4.74 Å². The fourth-order valence-corrected chi connectivity index (χ4v) is 3.24. The summed E-state index contributed by atoms with van der Waals surface area (Å²) in [4.78, 5) is 0. The summed E-state index contributed by atoms with van der Waals surface area (Å²) in [6.45, 7) is 8.57. The highest BCUT2D eigenvalue weighted by molar-refractivity contribution is 5.08. The zero-order chi connectivity index (χ0) is 14.6. The molecule has 1 fully saturated rings. The van der Waals surface area contributed by atoms with Gasteiger partial charge in [-0.15, -0.1) is 0 Å². The molecule has 1 aliphatic carbocycles. The number of aryl methyl sites for hydroxylation is 2. The lowest BCUT2D eigenvalue weighted by molar-refractivity contribution is -0.0832. The molecule has 1 saturated carbocycles. The van der Waals surface area contributed by atoms with E-state index >= 15 is 0 Å². The van der Waals surface area contributed by atoms with Gasteiger partial charge in [-0.2, -0.15) is 5.10 Å². The Morgan fingerprint density at radius 3 is 2.65 bits per heavy atom. The maximum atomic E-state index is 6.27. The van der Waals surface area contributed by atoms with Crippen LogP contribution in [-0.2, 0) is 17.9 Å². The molecule has 0 aromatic carbocycles. The van der Waals surface area contributed by atoms with Crippen LogP contribution in [0.15, 0.2) is 6.07 Å². The monoisotopic (exact) mass is 279 g/mol. The molecule has 0 aliphatic heterocycles. The fourth-order valence-electron chi connectivity index (χ4n) is 3.24. The molecule has 2 N–H and O–H groups in total. The minimum Gasteiger partial charge on any atom is -0.367 e. The highest BCUT2D eigenvalue weighted by Gasteiger charge is 2.34. The van der Waals surface area contributed by atoms with Crippen molar-refractivity contribution in [2.75, 3.05) is 6.54 Å². The molecule has 114 valence electrons. The maximum Gasteiger partial charge on any atom is 0.0893 e. The topological polar surface area (TPSA) is 53.1 Å². The van der Waals surface area contributed by atoms with Crippen molar-refractivity contribution in [1.29, 1.82) is 0 Å². The van der Waals surface area contributed by atoms with Crippen LogP contribution in [0.25, 0.3) is 0 Å². The third-order valence-corrected chi connectivity index (χ3v) is 4.78. The molecule has 4 heteroatoms. The standard InChI is InChI=1S/C16H29N3O/c1-4-14-6-8-16(12-17,9-7-14)20-11-15-10-13(3)18-19(15)5-2/h10,14H,4-9,11-12,17H2,1-3H3. The molecular formula is C16H29N3O. The van der Waals surface area contributed by atoms with E-state index in [2.05, 4.69) is 25.0 Å². The van der Waals surface area contributed by atoms with E-state index < -0.39 is 0 Å². The van der Waals surface area contributed by atoms with Gasteiger partial charge in [0.2, 0.25) is 0 Å². The summed E-state index contributed by atoms with van der Waals surface area (Å²) in [5.41, 5.74) is 8.13. The summed E-state index contributed by atoms with van der Waals surface area (Å²) in [7, 11) is 0. The van der Waals surface area contributed by atoms with Gasteiger partial charge in [-0.25, -0.2) is 0 Å².